The van der Waals surface area contributed by atoms with Crippen molar-refractivity contribution in [1.82, 2.24) is 9.55 Å². The van der Waals surface area contributed by atoms with Gasteiger partial charge in [-0.2, -0.15) is 0 Å². The summed E-state index contributed by atoms with van der Waals surface area (Å²) in [4.78, 5) is 3.77. The summed E-state index contributed by atoms with van der Waals surface area (Å²) in [5.74, 6) is 0. The SMILES string of the molecule is Cn1c[c]nc1Br. The van der Waals surface area contributed by atoms with E-state index in [1.165, 1.54) is 0 Å². The molecule has 0 aliphatic rings. The first-order valence-electron chi connectivity index (χ1n) is 1.85. The molecule has 3 heteroatoms. The highest BCUT2D eigenvalue weighted by Gasteiger charge is 1.87. The highest BCUT2D eigenvalue weighted by molar-refractivity contribution is 9.10. The van der Waals surface area contributed by atoms with E-state index in [4.69, 9.17) is 0 Å². The van der Waals surface area contributed by atoms with E-state index in [1.54, 1.807) is 6.20 Å². The van der Waals surface area contributed by atoms with E-state index < -0.39 is 0 Å². The zero-order valence-electron chi connectivity index (χ0n) is 3.85. The van der Waals surface area contributed by atoms with Crippen LogP contribution in [0.3, 0.4) is 0 Å². The van der Waals surface area contributed by atoms with Crippen molar-refractivity contribution in [2.45, 2.75) is 0 Å². The standard InChI is InChI=1S/C4H4BrN2/c1-7-3-2-6-4(7)5/h3H,1H3. The molecule has 1 aromatic rings. The first-order chi connectivity index (χ1) is 3.30. The van der Waals surface area contributed by atoms with Crippen molar-refractivity contribution in [3.05, 3.63) is 17.1 Å². The van der Waals surface area contributed by atoms with Crippen molar-refractivity contribution in [1.29, 1.82) is 0 Å². The van der Waals surface area contributed by atoms with Crippen molar-refractivity contribution in [3.8, 4) is 0 Å². The minimum atomic E-state index is 0.813. The second-order valence-electron chi connectivity index (χ2n) is 1.25. The summed E-state index contributed by atoms with van der Waals surface area (Å²) >= 11 is 3.19. The number of aryl methyl sites for hydroxylation is 1. The van der Waals surface area contributed by atoms with Crippen LogP contribution in [0.4, 0.5) is 0 Å². The van der Waals surface area contributed by atoms with Gasteiger partial charge in [0, 0.05) is 13.2 Å². The number of hydrogen-bond acceptors (Lipinski definition) is 1. The normalized spacial score (nSPS) is 9.43. The van der Waals surface area contributed by atoms with Crippen molar-refractivity contribution < 1.29 is 0 Å². The van der Waals surface area contributed by atoms with Gasteiger partial charge in [-0.15, -0.1) is 0 Å². The molecule has 1 radical (unpaired) electrons. The molecule has 1 rings (SSSR count). The monoisotopic (exact) mass is 159 g/mol. The van der Waals surface area contributed by atoms with E-state index in [2.05, 4.69) is 27.1 Å². The van der Waals surface area contributed by atoms with Gasteiger partial charge in [-0.3, -0.25) is 0 Å². The van der Waals surface area contributed by atoms with E-state index in [9.17, 15) is 0 Å². The van der Waals surface area contributed by atoms with Gasteiger partial charge >= 0.3 is 0 Å². The fourth-order valence-electron chi connectivity index (χ4n) is 0.301. The molecule has 0 fully saturated rings. The topological polar surface area (TPSA) is 17.8 Å². The smallest absolute Gasteiger partial charge is 0.177 e. The predicted molar refractivity (Wildman–Crippen MR) is 29.7 cm³/mol. The van der Waals surface area contributed by atoms with Crippen LogP contribution in [0, 0.1) is 6.20 Å². The van der Waals surface area contributed by atoms with Gasteiger partial charge in [-0.05, 0) is 15.9 Å². The number of aromatic nitrogens is 2. The summed E-state index contributed by atoms with van der Waals surface area (Å²) in [7, 11) is 1.90. The molecule has 7 heavy (non-hydrogen) atoms. The molecular weight excluding hydrogens is 156 g/mol. The Balaban J connectivity index is 3.12. The molecule has 37 valence electrons. The third-order valence-corrected chi connectivity index (χ3v) is 1.44. The van der Waals surface area contributed by atoms with Gasteiger partial charge in [0.05, 0.1) is 0 Å². The third kappa shape index (κ3) is 0.825. The molecule has 0 atom stereocenters. The van der Waals surface area contributed by atoms with E-state index in [-0.39, 0.29) is 0 Å². The van der Waals surface area contributed by atoms with Gasteiger partial charge in [0.25, 0.3) is 0 Å². The van der Waals surface area contributed by atoms with Crippen LogP contribution >= 0.6 is 15.9 Å². The fourth-order valence-corrected chi connectivity index (χ4v) is 0.506. The highest BCUT2D eigenvalue weighted by Crippen LogP contribution is 2.00. The summed E-state index contributed by atoms with van der Waals surface area (Å²) in [6.45, 7) is 0. The van der Waals surface area contributed by atoms with E-state index in [1.807, 2.05) is 11.6 Å². The van der Waals surface area contributed by atoms with Gasteiger partial charge in [0.1, 0.15) is 6.20 Å². The minimum absolute atomic E-state index is 0.813. The third-order valence-electron chi connectivity index (χ3n) is 0.699. The quantitative estimate of drug-likeness (QED) is 0.553. The van der Waals surface area contributed by atoms with E-state index in [0.717, 1.165) is 4.73 Å². The molecule has 0 aliphatic carbocycles. The maximum atomic E-state index is 3.77. The van der Waals surface area contributed by atoms with E-state index in [0.29, 0.717) is 0 Å². The average Bonchev–Trinajstić information content (AvgIpc) is 1.91. The lowest BCUT2D eigenvalue weighted by molar-refractivity contribution is 0.881. The number of hydrogen-bond donors (Lipinski definition) is 0. The van der Waals surface area contributed by atoms with Crippen LogP contribution in [0.15, 0.2) is 10.9 Å². The Kier molecular flexibility index (Phi) is 1.15. The van der Waals surface area contributed by atoms with Crippen LogP contribution in [0.1, 0.15) is 0 Å². The Morgan fingerprint density at radius 1 is 2.00 bits per heavy atom. The van der Waals surface area contributed by atoms with Crippen molar-refractivity contribution in [2.24, 2.45) is 7.05 Å². The summed E-state index contributed by atoms with van der Waals surface area (Å²) in [6, 6.07) is 0. The lowest BCUT2D eigenvalue weighted by Crippen LogP contribution is -1.82. The molecule has 0 aliphatic heterocycles. The molecule has 0 aromatic carbocycles. The molecule has 0 saturated heterocycles. The first-order valence-corrected chi connectivity index (χ1v) is 2.65. The maximum absolute atomic E-state index is 3.77. The van der Waals surface area contributed by atoms with Crippen LogP contribution in [0.25, 0.3) is 0 Å². The molecule has 0 N–H and O–H groups in total. The van der Waals surface area contributed by atoms with Gasteiger partial charge in [-0.1, -0.05) is 0 Å². The van der Waals surface area contributed by atoms with Crippen molar-refractivity contribution in [2.75, 3.05) is 0 Å². The Labute approximate surface area is 50.3 Å². The summed E-state index contributed by atoms with van der Waals surface area (Å²) in [6.07, 6.45) is 4.42. The largest absolute Gasteiger partial charge is 0.328 e. The number of rotatable bonds is 0. The average molecular weight is 160 g/mol. The van der Waals surface area contributed by atoms with Crippen molar-refractivity contribution in [3.63, 3.8) is 0 Å². The van der Waals surface area contributed by atoms with Crippen molar-refractivity contribution >= 4 is 15.9 Å². The molecule has 0 spiro atoms. The zero-order valence-corrected chi connectivity index (χ0v) is 5.44. The lowest BCUT2D eigenvalue weighted by Gasteiger charge is -1.84. The number of nitrogens with zero attached hydrogens (tertiary/aromatic N) is 2. The second-order valence-corrected chi connectivity index (χ2v) is 1.96. The van der Waals surface area contributed by atoms with Crippen LogP contribution in [0.2, 0.25) is 0 Å². The summed E-state index contributed by atoms with van der Waals surface area (Å²) in [5.41, 5.74) is 0. The van der Waals surface area contributed by atoms with Crippen LogP contribution in [-0.4, -0.2) is 9.55 Å². The molecule has 2 nitrogen and oxygen atoms in total. The number of halogens is 1. The van der Waals surface area contributed by atoms with E-state index >= 15 is 0 Å². The summed E-state index contributed by atoms with van der Waals surface area (Å²) in [5, 5.41) is 0. The molecule has 1 aromatic heterocycles. The molecule has 1 heterocycles. The number of imidazole rings is 1. The second kappa shape index (κ2) is 1.66. The van der Waals surface area contributed by atoms with Gasteiger partial charge in [-0.25, -0.2) is 4.98 Å². The fraction of sp³-hybridized carbons (Fsp3) is 0.250. The Hall–Kier alpha value is -0.310. The molecule has 0 bridgehead atoms. The Morgan fingerprint density at radius 2 is 2.71 bits per heavy atom. The van der Waals surface area contributed by atoms with Crippen LogP contribution in [0.5, 0.6) is 0 Å². The van der Waals surface area contributed by atoms with Crippen LogP contribution < -0.4 is 0 Å². The molecule has 0 unspecified atom stereocenters. The highest BCUT2D eigenvalue weighted by atomic mass is 79.9. The van der Waals surface area contributed by atoms with Crippen LogP contribution in [-0.2, 0) is 7.05 Å². The van der Waals surface area contributed by atoms with Gasteiger partial charge in [0.2, 0.25) is 0 Å². The Bertz CT molecular complexity index is 142. The molecule has 0 amide bonds. The minimum Gasteiger partial charge on any atom is -0.328 e. The zero-order chi connectivity index (χ0) is 5.28. The maximum Gasteiger partial charge on any atom is 0.177 e. The van der Waals surface area contributed by atoms with Gasteiger partial charge < -0.3 is 4.57 Å². The Morgan fingerprint density at radius 3 is 2.86 bits per heavy atom. The molecule has 0 saturated carbocycles. The predicted octanol–water partition coefficient (Wildman–Crippen LogP) is 0.983. The van der Waals surface area contributed by atoms with Gasteiger partial charge in [0.15, 0.2) is 4.73 Å². The summed E-state index contributed by atoms with van der Waals surface area (Å²) < 4.78 is 2.65. The molecular formula is C4H4BrN2. The lowest BCUT2D eigenvalue weighted by atomic mass is 10.9. The first kappa shape index (κ1) is 4.84.